The van der Waals surface area contributed by atoms with Crippen molar-refractivity contribution in [3.05, 3.63) is 65.1 Å². The summed E-state index contributed by atoms with van der Waals surface area (Å²) in [7, 11) is 1.54. The number of carbonyl (C=O) groups excluding carboxylic acids is 1. The van der Waals surface area contributed by atoms with Gasteiger partial charge >= 0.3 is 0 Å². The van der Waals surface area contributed by atoms with E-state index >= 15 is 0 Å². The van der Waals surface area contributed by atoms with E-state index in [1.165, 1.54) is 7.11 Å². The van der Waals surface area contributed by atoms with E-state index in [9.17, 15) is 4.79 Å². The number of nitrogens with one attached hydrogen (secondary N) is 1. The zero-order valence-electron chi connectivity index (χ0n) is 11.9. The number of benzene rings is 1. The summed E-state index contributed by atoms with van der Waals surface area (Å²) in [5, 5.41) is 3.47. The van der Waals surface area contributed by atoms with Crippen LogP contribution in [0.25, 0.3) is 5.65 Å². The Balaban J connectivity index is 1.74. The SMILES string of the molecule is COc1ccccc1C(=O)NCc1cn2cc(Cl)ccc2n1. The first-order valence-corrected chi connectivity index (χ1v) is 7.09. The van der Waals surface area contributed by atoms with E-state index in [0.29, 0.717) is 22.9 Å². The van der Waals surface area contributed by atoms with E-state index in [4.69, 9.17) is 16.3 Å². The summed E-state index contributed by atoms with van der Waals surface area (Å²) >= 11 is 5.94. The van der Waals surface area contributed by atoms with Crippen LogP contribution < -0.4 is 10.1 Å². The van der Waals surface area contributed by atoms with Gasteiger partial charge in [0.15, 0.2) is 0 Å². The first kappa shape index (κ1) is 14.4. The number of methoxy groups -OCH3 is 1. The van der Waals surface area contributed by atoms with Crippen LogP contribution in [0.2, 0.25) is 5.02 Å². The molecule has 0 atom stereocenters. The van der Waals surface area contributed by atoms with E-state index in [1.807, 2.05) is 22.7 Å². The van der Waals surface area contributed by atoms with Crippen LogP contribution in [0.4, 0.5) is 0 Å². The Morgan fingerprint density at radius 2 is 2.09 bits per heavy atom. The highest BCUT2D eigenvalue weighted by Gasteiger charge is 2.11. The van der Waals surface area contributed by atoms with Crippen molar-refractivity contribution in [2.24, 2.45) is 0 Å². The number of amides is 1. The summed E-state index contributed by atoms with van der Waals surface area (Å²) < 4.78 is 7.01. The molecule has 112 valence electrons. The molecule has 6 heteroatoms. The largest absolute Gasteiger partial charge is 0.496 e. The topological polar surface area (TPSA) is 55.6 Å². The molecule has 1 amide bonds. The van der Waals surface area contributed by atoms with Crippen LogP contribution in [0, 0.1) is 0 Å². The number of carbonyl (C=O) groups is 1. The van der Waals surface area contributed by atoms with Crippen LogP contribution in [0.1, 0.15) is 16.1 Å². The van der Waals surface area contributed by atoms with Gasteiger partial charge in [-0.05, 0) is 24.3 Å². The standard InChI is InChI=1S/C16H14ClN3O2/c1-22-14-5-3-2-4-13(14)16(21)18-8-12-10-20-9-11(17)6-7-15(20)19-12/h2-7,9-10H,8H2,1H3,(H,18,21). The second kappa shape index (κ2) is 6.07. The van der Waals surface area contributed by atoms with E-state index in [1.54, 1.807) is 30.5 Å². The fourth-order valence-electron chi connectivity index (χ4n) is 2.20. The van der Waals surface area contributed by atoms with Crippen molar-refractivity contribution in [2.45, 2.75) is 6.54 Å². The molecule has 1 aromatic carbocycles. The summed E-state index contributed by atoms with van der Waals surface area (Å²) in [6, 6.07) is 10.7. The van der Waals surface area contributed by atoms with Gasteiger partial charge < -0.3 is 14.5 Å². The van der Waals surface area contributed by atoms with Gasteiger partial charge in [0.2, 0.25) is 0 Å². The molecule has 0 fully saturated rings. The zero-order valence-corrected chi connectivity index (χ0v) is 12.7. The third kappa shape index (κ3) is 2.89. The highest BCUT2D eigenvalue weighted by Crippen LogP contribution is 2.17. The smallest absolute Gasteiger partial charge is 0.255 e. The molecule has 0 aliphatic rings. The lowest BCUT2D eigenvalue weighted by Crippen LogP contribution is -2.23. The minimum Gasteiger partial charge on any atom is -0.496 e. The van der Waals surface area contributed by atoms with Gasteiger partial charge in [-0.1, -0.05) is 23.7 Å². The lowest BCUT2D eigenvalue weighted by Gasteiger charge is -2.07. The maximum Gasteiger partial charge on any atom is 0.255 e. The fourth-order valence-corrected chi connectivity index (χ4v) is 2.37. The normalized spacial score (nSPS) is 10.6. The van der Waals surface area contributed by atoms with E-state index < -0.39 is 0 Å². The van der Waals surface area contributed by atoms with Crippen molar-refractivity contribution in [3.8, 4) is 5.75 Å². The summed E-state index contributed by atoms with van der Waals surface area (Å²) in [6.07, 6.45) is 3.61. The number of ether oxygens (including phenoxy) is 1. The predicted molar refractivity (Wildman–Crippen MR) is 84.4 cm³/mol. The number of halogens is 1. The first-order chi connectivity index (χ1) is 10.7. The van der Waals surface area contributed by atoms with Crippen LogP contribution in [-0.4, -0.2) is 22.4 Å². The average Bonchev–Trinajstić information content (AvgIpc) is 2.94. The monoisotopic (exact) mass is 315 g/mol. The lowest BCUT2D eigenvalue weighted by molar-refractivity contribution is 0.0947. The maximum atomic E-state index is 12.2. The molecule has 0 unspecified atom stereocenters. The molecule has 0 aliphatic heterocycles. The molecule has 0 bridgehead atoms. The van der Waals surface area contributed by atoms with Crippen molar-refractivity contribution >= 4 is 23.2 Å². The summed E-state index contributed by atoms with van der Waals surface area (Å²) in [6.45, 7) is 0.330. The number of nitrogens with zero attached hydrogens (tertiary/aromatic N) is 2. The van der Waals surface area contributed by atoms with Crippen LogP contribution in [-0.2, 0) is 6.54 Å². The second-order valence-electron chi connectivity index (χ2n) is 4.73. The predicted octanol–water partition coefficient (Wildman–Crippen LogP) is 2.93. The lowest BCUT2D eigenvalue weighted by atomic mass is 10.2. The molecule has 3 aromatic rings. The van der Waals surface area contributed by atoms with Gasteiger partial charge in [0.1, 0.15) is 11.4 Å². The molecule has 0 radical (unpaired) electrons. The average molecular weight is 316 g/mol. The number of rotatable bonds is 4. The van der Waals surface area contributed by atoms with Gasteiger partial charge in [-0.3, -0.25) is 4.79 Å². The van der Waals surface area contributed by atoms with E-state index in [-0.39, 0.29) is 5.91 Å². The van der Waals surface area contributed by atoms with Crippen molar-refractivity contribution in [2.75, 3.05) is 7.11 Å². The number of imidazole rings is 1. The Kier molecular flexibility index (Phi) is 3.98. The molecular weight excluding hydrogens is 302 g/mol. The van der Waals surface area contributed by atoms with Crippen LogP contribution >= 0.6 is 11.6 Å². The highest BCUT2D eigenvalue weighted by molar-refractivity contribution is 6.30. The first-order valence-electron chi connectivity index (χ1n) is 6.72. The Morgan fingerprint density at radius 1 is 1.27 bits per heavy atom. The van der Waals surface area contributed by atoms with Gasteiger partial charge in [0.05, 0.1) is 29.9 Å². The molecule has 0 spiro atoms. The van der Waals surface area contributed by atoms with Crippen molar-refractivity contribution in [3.63, 3.8) is 0 Å². The summed E-state index contributed by atoms with van der Waals surface area (Å²) in [4.78, 5) is 16.6. The minimum absolute atomic E-state index is 0.201. The molecule has 2 aromatic heterocycles. The van der Waals surface area contributed by atoms with E-state index in [2.05, 4.69) is 10.3 Å². The molecule has 3 rings (SSSR count). The van der Waals surface area contributed by atoms with Gasteiger partial charge in [-0.25, -0.2) is 4.98 Å². The Labute approximate surface area is 132 Å². The van der Waals surface area contributed by atoms with Crippen LogP contribution in [0.3, 0.4) is 0 Å². The number of para-hydroxylation sites is 1. The Hall–Kier alpha value is -2.53. The molecule has 22 heavy (non-hydrogen) atoms. The molecule has 0 saturated heterocycles. The molecular formula is C16H14ClN3O2. The van der Waals surface area contributed by atoms with Gasteiger partial charge in [0.25, 0.3) is 5.91 Å². The molecule has 5 nitrogen and oxygen atoms in total. The minimum atomic E-state index is -0.201. The van der Waals surface area contributed by atoms with Crippen LogP contribution in [0.5, 0.6) is 5.75 Å². The second-order valence-corrected chi connectivity index (χ2v) is 5.16. The van der Waals surface area contributed by atoms with Gasteiger partial charge in [0, 0.05) is 12.4 Å². The van der Waals surface area contributed by atoms with Gasteiger partial charge in [-0.2, -0.15) is 0 Å². The highest BCUT2D eigenvalue weighted by atomic mass is 35.5. The van der Waals surface area contributed by atoms with Crippen molar-refractivity contribution in [1.82, 2.24) is 14.7 Å². The molecule has 0 aliphatic carbocycles. The van der Waals surface area contributed by atoms with E-state index in [0.717, 1.165) is 11.3 Å². The number of hydrogen-bond donors (Lipinski definition) is 1. The maximum absolute atomic E-state index is 12.2. The summed E-state index contributed by atoms with van der Waals surface area (Å²) in [5.41, 5.74) is 2.04. The molecule has 1 N–H and O–H groups in total. The number of pyridine rings is 1. The Bertz CT molecular complexity index is 829. The fraction of sp³-hybridized carbons (Fsp3) is 0.125. The number of hydrogen-bond acceptors (Lipinski definition) is 3. The third-order valence-corrected chi connectivity index (χ3v) is 3.47. The van der Waals surface area contributed by atoms with Crippen molar-refractivity contribution in [1.29, 1.82) is 0 Å². The zero-order chi connectivity index (χ0) is 15.5. The Morgan fingerprint density at radius 3 is 2.91 bits per heavy atom. The number of aromatic nitrogens is 2. The van der Waals surface area contributed by atoms with Crippen molar-refractivity contribution < 1.29 is 9.53 Å². The quantitative estimate of drug-likeness (QED) is 0.805. The third-order valence-electron chi connectivity index (χ3n) is 3.25. The molecule has 2 heterocycles. The van der Waals surface area contributed by atoms with Gasteiger partial charge in [-0.15, -0.1) is 0 Å². The molecule has 0 saturated carbocycles. The summed E-state index contributed by atoms with van der Waals surface area (Å²) in [5.74, 6) is 0.342. The number of fused-ring (bicyclic) bond motifs is 1. The van der Waals surface area contributed by atoms with Crippen LogP contribution in [0.15, 0.2) is 48.8 Å².